The average molecular weight is 322 g/mol. The van der Waals surface area contributed by atoms with Crippen LogP contribution in [-0.2, 0) is 11.2 Å². The molecule has 1 atom stereocenters. The second-order valence-corrected chi connectivity index (χ2v) is 6.42. The first kappa shape index (κ1) is 15.2. The zero-order valence-electron chi connectivity index (χ0n) is 12.3. The summed E-state index contributed by atoms with van der Waals surface area (Å²) in [5.41, 5.74) is 7.58. The van der Waals surface area contributed by atoms with E-state index in [2.05, 4.69) is 5.32 Å². The van der Waals surface area contributed by atoms with Gasteiger partial charge in [0.15, 0.2) is 0 Å². The normalized spacial score (nSPS) is 21.5. The minimum absolute atomic E-state index is 0.0232. The lowest BCUT2D eigenvalue weighted by Gasteiger charge is -2.31. The molecule has 1 aliphatic heterocycles. The van der Waals surface area contributed by atoms with Crippen molar-refractivity contribution in [2.45, 2.75) is 31.7 Å². The number of nitrogens with one attached hydrogen (secondary N) is 1. The van der Waals surface area contributed by atoms with Gasteiger partial charge in [-0.15, -0.1) is 0 Å². The quantitative estimate of drug-likeness (QED) is 0.876. The van der Waals surface area contributed by atoms with Crippen LogP contribution in [-0.4, -0.2) is 29.9 Å². The van der Waals surface area contributed by atoms with Crippen molar-refractivity contribution in [3.05, 3.63) is 34.3 Å². The number of amides is 3. The highest BCUT2D eigenvalue weighted by molar-refractivity contribution is 6.31. The Kier molecular flexibility index (Phi) is 4.25. The molecule has 3 rings (SSSR count). The predicted octanol–water partition coefficient (Wildman–Crippen LogP) is 2.23. The third-order valence-electron chi connectivity index (χ3n) is 4.70. The monoisotopic (exact) mass is 321 g/mol. The number of carbonyl (C=O) groups is 2. The van der Waals surface area contributed by atoms with Gasteiger partial charge in [-0.25, -0.2) is 4.79 Å². The van der Waals surface area contributed by atoms with Crippen LogP contribution in [0.5, 0.6) is 0 Å². The van der Waals surface area contributed by atoms with Crippen molar-refractivity contribution in [3.63, 3.8) is 0 Å². The van der Waals surface area contributed by atoms with Gasteiger partial charge in [-0.05, 0) is 42.9 Å². The van der Waals surface area contributed by atoms with E-state index in [1.165, 1.54) is 0 Å². The minimum atomic E-state index is -0.264. The van der Waals surface area contributed by atoms with E-state index in [1.807, 2.05) is 18.2 Å². The highest BCUT2D eigenvalue weighted by atomic mass is 35.5. The number of nitrogens with zero attached hydrogens (tertiary/aromatic N) is 1. The number of fused-ring (bicyclic) bond motifs is 1. The third-order valence-corrected chi connectivity index (χ3v) is 5.05. The largest absolute Gasteiger partial charge is 0.369 e. The summed E-state index contributed by atoms with van der Waals surface area (Å²) in [5, 5.41) is 3.86. The number of rotatable bonds is 2. The predicted molar refractivity (Wildman–Crippen MR) is 84.5 cm³/mol. The van der Waals surface area contributed by atoms with E-state index in [0.29, 0.717) is 25.9 Å². The van der Waals surface area contributed by atoms with Gasteiger partial charge >= 0.3 is 6.03 Å². The van der Waals surface area contributed by atoms with Crippen molar-refractivity contribution >= 4 is 23.5 Å². The number of piperidine rings is 1. The summed E-state index contributed by atoms with van der Waals surface area (Å²) in [7, 11) is 0. The topological polar surface area (TPSA) is 75.4 Å². The van der Waals surface area contributed by atoms with Crippen LogP contribution in [0.3, 0.4) is 0 Å². The summed E-state index contributed by atoms with van der Waals surface area (Å²) in [4.78, 5) is 25.3. The molecule has 3 amide bonds. The molecule has 0 spiro atoms. The molecular weight excluding hydrogens is 302 g/mol. The molecule has 0 unspecified atom stereocenters. The maximum Gasteiger partial charge on any atom is 0.317 e. The molecular formula is C16H20ClN3O2. The van der Waals surface area contributed by atoms with Gasteiger partial charge in [0, 0.05) is 24.0 Å². The number of likely N-dealkylation sites (tertiary alicyclic amines) is 1. The highest BCUT2D eigenvalue weighted by Crippen LogP contribution is 2.35. The summed E-state index contributed by atoms with van der Waals surface area (Å²) in [6.45, 7) is 1.16. The lowest BCUT2D eigenvalue weighted by molar-refractivity contribution is -0.123. The number of nitrogens with two attached hydrogens (primary N) is 1. The molecule has 2 aliphatic rings. The van der Waals surface area contributed by atoms with Gasteiger partial charge in [-0.2, -0.15) is 0 Å². The number of benzene rings is 1. The van der Waals surface area contributed by atoms with Crippen LogP contribution < -0.4 is 11.1 Å². The van der Waals surface area contributed by atoms with Crippen molar-refractivity contribution in [2.24, 2.45) is 11.7 Å². The minimum Gasteiger partial charge on any atom is -0.369 e. The van der Waals surface area contributed by atoms with Crippen LogP contribution in [0, 0.1) is 5.92 Å². The Balaban J connectivity index is 1.60. The standard InChI is InChI=1S/C16H20ClN3O2/c17-13-3-1-2-12-11(13)4-5-14(12)19-16(22)20-8-6-10(7-9-20)15(18)21/h1-3,10,14H,4-9H2,(H2,18,21)(H,19,22)/t14-/m1/s1. The molecule has 5 nitrogen and oxygen atoms in total. The van der Waals surface area contributed by atoms with Crippen molar-refractivity contribution < 1.29 is 9.59 Å². The van der Waals surface area contributed by atoms with Crippen LogP contribution in [0.4, 0.5) is 4.79 Å². The van der Waals surface area contributed by atoms with Crippen LogP contribution in [0.15, 0.2) is 18.2 Å². The Bertz CT molecular complexity index is 597. The maximum absolute atomic E-state index is 12.4. The fraction of sp³-hybridized carbons (Fsp3) is 0.500. The molecule has 1 saturated heterocycles. The van der Waals surface area contributed by atoms with E-state index < -0.39 is 0 Å². The van der Waals surface area contributed by atoms with Crippen LogP contribution >= 0.6 is 11.6 Å². The van der Waals surface area contributed by atoms with E-state index in [9.17, 15) is 9.59 Å². The molecule has 1 fully saturated rings. The average Bonchev–Trinajstić information content (AvgIpc) is 2.92. The van der Waals surface area contributed by atoms with E-state index in [0.717, 1.165) is 29.0 Å². The van der Waals surface area contributed by atoms with Crippen molar-refractivity contribution in [1.82, 2.24) is 10.2 Å². The molecule has 0 bridgehead atoms. The molecule has 1 aromatic carbocycles. The molecule has 1 heterocycles. The Morgan fingerprint density at radius 1 is 1.23 bits per heavy atom. The van der Waals surface area contributed by atoms with E-state index in [-0.39, 0.29) is 23.9 Å². The summed E-state index contributed by atoms with van der Waals surface area (Å²) >= 11 is 6.20. The van der Waals surface area contributed by atoms with E-state index in [1.54, 1.807) is 4.90 Å². The van der Waals surface area contributed by atoms with Crippen LogP contribution in [0.2, 0.25) is 5.02 Å². The van der Waals surface area contributed by atoms with E-state index in [4.69, 9.17) is 17.3 Å². The SMILES string of the molecule is NC(=O)C1CCN(C(=O)N[C@@H]2CCc3c(Cl)cccc32)CC1. The second kappa shape index (κ2) is 6.16. The van der Waals surface area contributed by atoms with Gasteiger partial charge in [0.1, 0.15) is 0 Å². The lowest BCUT2D eigenvalue weighted by atomic mass is 9.96. The molecule has 1 aromatic rings. The summed E-state index contributed by atoms with van der Waals surface area (Å²) in [5.74, 6) is -0.366. The van der Waals surface area contributed by atoms with Crippen molar-refractivity contribution in [3.8, 4) is 0 Å². The molecule has 1 aliphatic carbocycles. The number of halogens is 1. The van der Waals surface area contributed by atoms with Gasteiger partial charge in [0.25, 0.3) is 0 Å². The Morgan fingerprint density at radius 3 is 2.64 bits per heavy atom. The fourth-order valence-electron chi connectivity index (χ4n) is 3.37. The highest BCUT2D eigenvalue weighted by Gasteiger charge is 2.29. The molecule has 0 radical (unpaired) electrons. The first-order chi connectivity index (χ1) is 10.6. The van der Waals surface area contributed by atoms with Gasteiger partial charge in [0.05, 0.1) is 6.04 Å². The van der Waals surface area contributed by atoms with Crippen molar-refractivity contribution in [2.75, 3.05) is 13.1 Å². The van der Waals surface area contributed by atoms with Gasteiger partial charge < -0.3 is 16.0 Å². The van der Waals surface area contributed by atoms with Gasteiger partial charge in [0.2, 0.25) is 5.91 Å². The number of carbonyl (C=O) groups excluding carboxylic acids is 2. The third kappa shape index (κ3) is 2.90. The maximum atomic E-state index is 12.4. The van der Waals surface area contributed by atoms with Gasteiger partial charge in [-0.3, -0.25) is 4.79 Å². The molecule has 118 valence electrons. The molecule has 0 aromatic heterocycles. The number of primary amides is 1. The molecule has 3 N–H and O–H groups in total. The first-order valence-corrected chi connectivity index (χ1v) is 8.06. The number of urea groups is 1. The zero-order chi connectivity index (χ0) is 15.7. The Hall–Kier alpha value is -1.75. The first-order valence-electron chi connectivity index (χ1n) is 7.68. The summed E-state index contributed by atoms with van der Waals surface area (Å²) < 4.78 is 0. The number of hydrogen-bond acceptors (Lipinski definition) is 2. The molecule has 22 heavy (non-hydrogen) atoms. The van der Waals surface area contributed by atoms with Gasteiger partial charge in [-0.1, -0.05) is 23.7 Å². The van der Waals surface area contributed by atoms with E-state index >= 15 is 0 Å². The van der Waals surface area contributed by atoms with Crippen LogP contribution in [0.25, 0.3) is 0 Å². The zero-order valence-corrected chi connectivity index (χ0v) is 13.1. The fourth-order valence-corrected chi connectivity index (χ4v) is 3.64. The molecule has 6 heteroatoms. The Labute approximate surface area is 134 Å². The van der Waals surface area contributed by atoms with Crippen LogP contribution in [0.1, 0.15) is 36.4 Å². The smallest absolute Gasteiger partial charge is 0.317 e. The second-order valence-electron chi connectivity index (χ2n) is 6.01. The summed E-state index contributed by atoms with van der Waals surface area (Å²) in [6, 6.07) is 5.79. The number of hydrogen-bond donors (Lipinski definition) is 2. The molecule has 0 saturated carbocycles. The lowest BCUT2D eigenvalue weighted by Crippen LogP contribution is -2.46. The van der Waals surface area contributed by atoms with Crippen molar-refractivity contribution in [1.29, 1.82) is 0 Å². The summed E-state index contributed by atoms with van der Waals surface area (Å²) in [6.07, 6.45) is 3.07. The Morgan fingerprint density at radius 2 is 1.95 bits per heavy atom.